The highest BCUT2D eigenvalue weighted by molar-refractivity contribution is 5.94. The number of hydrogen-bond donors (Lipinski definition) is 0. The van der Waals surface area contributed by atoms with Crippen LogP contribution in [0.1, 0.15) is 32.7 Å². The number of amides is 1. The molecule has 0 aliphatic heterocycles. The molecule has 1 heterocycles. The van der Waals surface area contributed by atoms with Crippen LogP contribution in [0.3, 0.4) is 0 Å². The number of halogens is 1. The predicted octanol–water partition coefficient (Wildman–Crippen LogP) is 5.95. The fourth-order valence-electron chi connectivity index (χ4n) is 3.47. The van der Waals surface area contributed by atoms with Gasteiger partial charge in [0, 0.05) is 18.3 Å². The van der Waals surface area contributed by atoms with Crippen molar-refractivity contribution in [2.45, 2.75) is 26.6 Å². The summed E-state index contributed by atoms with van der Waals surface area (Å²) in [7, 11) is 0. The SMILES string of the molecule is Cc1ccc(C(=O)N(Cc2ccc(OCc3cccc(F)c3)cc2)Cc2ccccn2)cc1. The van der Waals surface area contributed by atoms with E-state index >= 15 is 0 Å². The summed E-state index contributed by atoms with van der Waals surface area (Å²) in [6, 6.07) is 27.2. The van der Waals surface area contributed by atoms with Gasteiger partial charge in [0.1, 0.15) is 18.2 Å². The van der Waals surface area contributed by atoms with E-state index in [1.54, 1.807) is 17.2 Å². The molecule has 3 aromatic carbocycles. The van der Waals surface area contributed by atoms with Gasteiger partial charge < -0.3 is 9.64 Å². The summed E-state index contributed by atoms with van der Waals surface area (Å²) in [5.41, 5.74) is 4.32. The summed E-state index contributed by atoms with van der Waals surface area (Å²) >= 11 is 0. The van der Waals surface area contributed by atoms with E-state index in [2.05, 4.69) is 4.98 Å². The van der Waals surface area contributed by atoms with E-state index in [1.807, 2.05) is 79.7 Å². The molecule has 0 aliphatic rings. The van der Waals surface area contributed by atoms with Crippen molar-refractivity contribution in [1.82, 2.24) is 9.88 Å². The molecule has 0 saturated carbocycles. The van der Waals surface area contributed by atoms with Crippen LogP contribution in [0.5, 0.6) is 5.75 Å². The summed E-state index contributed by atoms with van der Waals surface area (Å²) in [6.07, 6.45) is 1.73. The van der Waals surface area contributed by atoms with Crippen LogP contribution < -0.4 is 4.74 Å². The lowest BCUT2D eigenvalue weighted by Crippen LogP contribution is -2.30. The van der Waals surface area contributed by atoms with E-state index < -0.39 is 0 Å². The first kappa shape index (κ1) is 22.2. The van der Waals surface area contributed by atoms with Gasteiger partial charge in [-0.1, -0.05) is 48.0 Å². The molecule has 0 unspecified atom stereocenters. The van der Waals surface area contributed by atoms with Crippen LogP contribution in [0.2, 0.25) is 0 Å². The summed E-state index contributed by atoms with van der Waals surface area (Å²) < 4.78 is 19.1. The van der Waals surface area contributed by atoms with Gasteiger partial charge >= 0.3 is 0 Å². The van der Waals surface area contributed by atoms with Crippen LogP contribution in [0.25, 0.3) is 0 Å². The largest absolute Gasteiger partial charge is 0.489 e. The van der Waals surface area contributed by atoms with Gasteiger partial charge in [-0.05, 0) is 66.6 Å². The van der Waals surface area contributed by atoms with E-state index in [1.165, 1.54) is 12.1 Å². The van der Waals surface area contributed by atoms with Gasteiger partial charge in [0.15, 0.2) is 0 Å². The molecule has 0 saturated heterocycles. The lowest BCUT2D eigenvalue weighted by molar-refractivity contribution is 0.0728. The zero-order valence-corrected chi connectivity index (χ0v) is 18.4. The number of rotatable bonds is 8. The molecular formula is C28H25FN2O2. The smallest absolute Gasteiger partial charge is 0.254 e. The van der Waals surface area contributed by atoms with Crippen molar-refractivity contribution in [3.05, 3.63) is 131 Å². The highest BCUT2D eigenvalue weighted by Crippen LogP contribution is 2.18. The van der Waals surface area contributed by atoms with Crippen LogP contribution in [0, 0.1) is 12.7 Å². The Labute approximate surface area is 193 Å². The average molecular weight is 441 g/mol. The molecule has 1 aromatic heterocycles. The quantitative estimate of drug-likeness (QED) is 0.340. The molecule has 1 amide bonds. The lowest BCUT2D eigenvalue weighted by Gasteiger charge is -2.23. The molecule has 4 rings (SSSR count). The fraction of sp³-hybridized carbons (Fsp3) is 0.143. The summed E-state index contributed by atoms with van der Waals surface area (Å²) in [5.74, 6) is 0.355. The molecule has 4 aromatic rings. The van der Waals surface area contributed by atoms with Crippen LogP contribution in [-0.2, 0) is 19.7 Å². The van der Waals surface area contributed by atoms with Gasteiger partial charge in [0.2, 0.25) is 0 Å². The summed E-state index contributed by atoms with van der Waals surface area (Å²) in [4.78, 5) is 19.4. The zero-order chi connectivity index (χ0) is 23.0. The van der Waals surface area contributed by atoms with Crippen molar-refractivity contribution >= 4 is 5.91 Å². The minimum absolute atomic E-state index is 0.0490. The first-order chi connectivity index (χ1) is 16.1. The minimum Gasteiger partial charge on any atom is -0.489 e. The molecule has 0 aliphatic carbocycles. The molecule has 33 heavy (non-hydrogen) atoms. The molecule has 0 bridgehead atoms. The second kappa shape index (κ2) is 10.6. The van der Waals surface area contributed by atoms with Crippen LogP contribution in [0.15, 0.2) is 97.2 Å². The Balaban J connectivity index is 1.46. The molecule has 0 fully saturated rings. The summed E-state index contributed by atoms with van der Waals surface area (Å²) in [6.45, 7) is 3.13. The van der Waals surface area contributed by atoms with Crippen LogP contribution >= 0.6 is 0 Å². The van der Waals surface area contributed by atoms with Crippen molar-refractivity contribution < 1.29 is 13.9 Å². The number of benzene rings is 3. The molecule has 4 nitrogen and oxygen atoms in total. The minimum atomic E-state index is -0.280. The van der Waals surface area contributed by atoms with Gasteiger partial charge in [-0.25, -0.2) is 4.39 Å². The maximum Gasteiger partial charge on any atom is 0.254 e. The topological polar surface area (TPSA) is 42.4 Å². The van der Waals surface area contributed by atoms with Crippen LogP contribution in [-0.4, -0.2) is 15.8 Å². The van der Waals surface area contributed by atoms with Gasteiger partial charge in [-0.2, -0.15) is 0 Å². The Hall–Kier alpha value is -3.99. The number of ether oxygens (including phenoxy) is 1. The number of carbonyl (C=O) groups is 1. The van der Waals surface area contributed by atoms with Crippen molar-refractivity contribution in [1.29, 1.82) is 0 Å². The Kier molecular flexibility index (Phi) is 7.10. The fourth-order valence-corrected chi connectivity index (χ4v) is 3.47. The lowest BCUT2D eigenvalue weighted by atomic mass is 10.1. The number of aromatic nitrogens is 1. The molecular weight excluding hydrogens is 415 g/mol. The predicted molar refractivity (Wildman–Crippen MR) is 126 cm³/mol. The average Bonchev–Trinajstić information content (AvgIpc) is 2.84. The highest BCUT2D eigenvalue weighted by Gasteiger charge is 2.17. The van der Waals surface area contributed by atoms with Gasteiger partial charge in [0.25, 0.3) is 5.91 Å². The van der Waals surface area contributed by atoms with E-state index in [0.717, 1.165) is 22.4 Å². The number of aryl methyl sites for hydroxylation is 1. The molecule has 0 spiro atoms. The van der Waals surface area contributed by atoms with E-state index in [9.17, 15) is 9.18 Å². The molecule has 166 valence electrons. The third-order valence-electron chi connectivity index (χ3n) is 5.26. The third-order valence-corrected chi connectivity index (χ3v) is 5.26. The maximum absolute atomic E-state index is 13.3. The molecule has 5 heteroatoms. The third kappa shape index (κ3) is 6.26. The Bertz CT molecular complexity index is 1190. The molecule has 0 N–H and O–H groups in total. The van der Waals surface area contributed by atoms with Crippen molar-refractivity contribution in [2.24, 2.45) is 0 Å². The number of hydrogen-bond acceptors (Lipinski definition) is 3. The van der Waals surface area contributed by atoms with Crippen molar-refractivity contribution in [3.63, 3.8) is 0 Å². The Morgan fingerprint density at radius 2 is 1.67 bits per heavy atom. The first-order valence-corrected chi connectivity index (χ1v) is 10.8. The van der Waals surface area contributed by atoms with Gasteiger partial charge in [-0.3, -0.25) is 9.78 Å². The van der Waals surface area contributed by atoms with E-state index in [4.69, 9.17) is 4.74 Å². The Morgan fingerprint density at radius 1 is 0.879 bits per heavy atom. The number of pyridine rings is 1. The number of carbonyl (C=O) groups excluding carboxylic acids is 1. The first-order valence-electron chi connectivity index (χ1n) is 10.8. The molecule has 0 radical (unpaired) electrons. The van der Waals surface area contributed by atoms with E-state index in [0.29, 0.717) is 24.4 Å². The van der Waals surface area contributed by atoms with Gasteiger partial charge in [-0.15, -0.1) is 0 Å². The maximum atomic E-state index is 13.3. The van der Waals surface area contributed by atoms with Crippen molar-refractivity contribution in [2.75, 3.05) is 0 Å². The second-order valence-corrected chi connectivity index (χ2v) is 7.91. The van der Waals surface area contributed by atoms with Crippen LogP contribution in [0.4, 0.5) is 4.39 Å². The standard InChI is InChI=1S/C28H25FN2O2/c1-21-8-12-24(13-9-21)28(32)31(19-26-7-2-3-16-30-26)18-22-10-14-27(15-11-22)33-20-23-5-4-6-25(29)17-23/h2-17H,18-20H2,1H3. The second-order valence-electron chi connectivity index (χ2n) is 7.91. The van der Waals surface area contributed by atoms with E-state index in [-0.39, 0.29) is 18.3 Å². The highest BCUT2D eigenvalue weighted by atomic mass is 19.1. The van der Waals surface area contributed by atoms with Crippen molar-refractivity contribution in [3.8, 4) is 5.75 Å². The van der Waals surface area contributed by atoms with Gasteiger partial charge in [0.05, 0.1) is 12.2 Å². The molecule has 0 atom stereocenters. The Morgan fingerprint density at radius 3 is 2.36 bits per heavy atom. The monoisotopic (exact) mass is 440 g/mol. The zero-order valence-electron chi connectivity index (χ0n) is 18.4. The number of nitrogens with zero attached hydrogens (tertiary/aromatic N) is 2. The normalized spacial score (nSPS) is 10.6. The summed E-state index contributed by atoms with van der Waals surface area (Å²) in [5, 5.41) is 0.